The van der Waals surface area contributed by atoms with Crippen molar-refractivity contribution in [1.82, 2.24) is 15.5 Å². The summed E-state index contributed by atoms with van der Waals surface area (Å²) in [6.45, 7) is 6.82. The molecule has 8 heteroatoms. The lowest BCUT2D eigenvalue weighted by Crippen LogP contribution is -2.45. The first kappa shape index (κ1) is 26.9. The molecule has 1 aliphatic carbocycles. The molecule has 1 aromatic rings. The van der Waals surface area contributed by atoms with Crippen LogP contribution in [0.5, 0.6) is 0 Å². The fourth-order valence-electron chi connectivity index (χ4n) is 4.36. The number of halogens is 1. The Hall–Kier alpha value is -1.39. The minimum absolute atomic E-state index is 0. The van der Waals surface area contributed by atoms with Gasteiger partial charge in [-0.05, 0) is 37.3 Å². The average molecular weight is 559 g/mol. The lowest BCUT2D eigenvalue weighted by molar-refractivity contribution is -0.134. The fourth-order valence-corrected chi connectivity index (χ4v) is 4.36. The van der Waals surface area contributed by atoms with Crippen LogP contribution in [0.3, 0.4) is 0 Å². The van der Waals surface area contributed by atoms with Crippen LogP contribution in [0.2, 0.25) is 0 Å². The highest BCUT2D eigenvalue weighted by Crippen LogP contribution is 2.27. The Labute approximate surface area is 209 Å². The molecule has 2 N–H and O–H groups in total. The predicted molar refractivity (Wildman–Crippen MR) is 138 cm³/mol. The van der Waals surface area contributed by atoms with Gasteiger partial charge in [0.25, 0.3) is 0 Å². The van der Waals surface area contributed by atoms with Gasteiger partial charge in [0.15, 0.2) is 5.96 Å². The molecule has 1 heterocycles. The number of guanidine groups is 1. The van der Waals surface area contributed by atoms with Gasteiger partial charge >= 0.3 is 0 Å². The van der Waals surface area contributed by atoms with E-state index in [9.17, 15) is 4.79 Å². The zero-order valence-electron chi connectivity index (χ0n) is 19.5. The second-order valence-corrected chi connectivity index (χ2v) is 8.39. The molecule has 1 amide bonds. The summed E-state index contributed by atoms with van der Waals surface area (Å²) in [5, 5.41) is 6.88. The van der Waals surface area contributed by atoms with Crippen LogP contribution < -0.4 is 10.6 Å². The molecule has 0 bridgehead atoms. The quantitative estimate of drug-likeness (QED) is 0.200. The molecule has 3 rings (SSSR count). The molecule has 2 aliphatic rings. The molecule has 0 spiro atoms. The maximum Gasteiger partial charge on any atom is 0.225 e. The van der Waals surface area contributed by atoms with Crippen LogP contribution in [0.1, 0.15) is 50.2 Å². The summed E-state index contributed by atoms with van der Waals surface area (Å²) < 4.78 is 11.0. The number of hydrogen-bond donors (Lipinski definition) is 2. The standard InChI is InChI=1S/C24H38N4O3.HI/c1-3-30-13-14-31-18-20-8-6-7-19(15-20)16-26-24(25-2)27-22-11-12-28(17-22)23(29)21-9-4-5-10-21;/h6-8,15,21-22H,3-5,9-14,16-18H2,1-2H3,(H2,25,26,27);1H. The van der Waals surface area contributed by atoms with Crippen molar-refractivity contribution in [3.05, 3.63) is 35.4 Å². The van der Waals surface area contributed by atoms with Gasteiger partial charge < -0.3 is 25.0 Å². The first-order chi connectivity index (χ1) is 15.2. The van der Waals surface area contributed by atoms with E-state index in [4.69, 9.17) is 9.47 Å². The third-order valence-corrected chi connectivity index (χ3v) is 6.06. The zero-order valence-corrected chi connectivity index (χ0v) is 21.8. The number of carbonyl (C=O) groups is 1. The number of likely N-dealkylation sites (tertiary alicyclic amines) is 1. The summed E-state index contributed by atoms with van der Waals surface area (Å²) in [5.41, 5.74) is 2.33. The number of benzene rings is 1. The highest BCUT2D eigenvalue weighted by molar-refractivity contribution is 14.0. The molecule has 1 saturated carbocycles. The zero-order chi connectivity index (χ0) is 21.9. The molecule has 1 unspecified atom stereocenters. The van der Waals surface area contributed by atoms with E-state index in [1.807, 2.05) is 11.8 Å². The Morgan fingerprint density at radius 2 is 1.91 bits per heavy atom. The minimum Gasteiger partial charge on any atom is -0.379 e. The van der Waals surface area contributed by atoms with Crippen LogP contribution in [0.25, 0.3) is 0 Å². The van der Waals surface area contributed by atoms with Crippen LogP contribution >= 0.6 is 24.0 Å². The fraction of sp³-hybridized carbons (Fsp3) is 0.667. The highest BCUT2D eigenvalue weighted by atomic mass is 127. The number of nitrogens with zero attached hydrogens (tertiary/aromatic N) is 2. The Morgan fingerprint density at radius 3 is 2.66 bits per heavy atom. The third-order valence-electron chi connectivity index (χ3n) is 6.06. The van der Waals surface area contributed by atoms with Gasteiger partial charge in [0.2, 0.25) is 5.91 Å². The molecule has 0 aromatic heterocycles. The van der Waals surface area contributed by atoms with Crippen LogP contribution in [0, 0.1) is 5.92 Å². The Bertz CT molecular complexity index is 725. The smallest absolute Gasteiger partial charge is 0.225 e. The van der Waals surface area contributed by atoms with Crippen molar-refractivity contribution in [2.75, 3.05) is 40.0 Å². The predicted octanol–water partition coefficient (Wildman–Crippen LogP) is 3.31. The van der Waals surface area contributed by atoms with Gasteiger partial charge in [0.05, 0.1) is 19.8 Å². The Kier molecular flexibility index (Phi) is 12.3. The number of aliphatic imine (C=N–C) groups is 1. The maximum atomic E-state index is 12.7. The number of hydrogen-bond acceptors (Lipinski definition) is 4. The number of rotatable bonds is 10. The van der Waals surface area contributed by atoms with Crippen molar-refractivity contribution in [3.63, 3.8) is 0 Å². The summed E-state index contributed by atoms with van der Waals surface area (Å²) >= 11 is 0. The molecule has 1 atom stereocenters. The van der Waals surface area contributed by atoms with Crippen molar-refractivity contribution >= 4 is 35.8 Å². The molecule has 2 fully saturated rings. The summed E-state index contributed by atoms with van der Waals surface area (Å²) in [4.78, 5) is 19.1. The van der Waals surface area contributed by atoms with Gasteiger partial charge in [-0.1, -0.05) is 37.1 Å². The van der Waals surface area contributed by atoms with Gasteiger partial charge in [-0.15, -0.1) is 24.0 Å². The van der Waals surface area contributed by atoms with E-state index in [1.165, 1.54) is 18.4 Å². The molecule has 1 aliphatic heterocycles. The lowest BCUT2D eigenvalue weighted by atomic mass is 10.1. The van der Waals surface area contributed by atoms with Crippen LogP contribution in [-0.4, -0.2) is 62.8 Å². The molecular formula is C24H39IN4O3. The molecule has 0 radical (unpaired) electrons. The molecular weight excluding hydrogens is 519 g/mol. The number of carbonyl (C=O) groups excluding carboxylic acids is 1. The van der Waals surface area contributed by atoms with Crippen molar-refractivity contribution in [2.24, 2.45) is 10.9 Å². The molecule has 7 nitrogen and oxygen atoms in total. The summed E-state index contributed by atoms with van der Waals surface area (Å²) in [5.74, 6) is 1.38. The van der Waals surface area contributed by atoms with Crippen LogP contribution in [-0.2, 0) is 27.4 Å². The average Bonchev–Trinajstić information content (AvgIpc) is 3.49. The maximum absolute atomic E-state index is 12.7. The van der Waals surface area contributed by atoms with E-state index in [2.05, 4.69) is 39.9 Å². The SMILES string of the molecule is CCOCCOCc1cccc(CNC(=NC)NC2CCN(C(=O)C3CCCC3)C2)c1.I. The van der Waals surface area contributed by atoms with Crippen molar-refractivity contribution in [3.8, 4) is 0 Å². The van der Waals surface area contributed by atoms with Gasteiger partial charge in [-0.3, -0.25) is 9.79 Å². The first-order valence-corrected chi connectivity index (χ1v) is 11.7. The number of ether oxygens (including phenoxy) is 2. The molecule has 180 valence electrons. The largest absolute Gasteiger partial charge is 0.379 e. The summed E-state index contributed by atoms with van der Waals surface area (Å²) in [6.07, 6.45) is 5.49. The topological polar surface area (TPSA) is 75.2 Å². The third kappa shape index (κ3) is 8.51. The van der Waals surface area contributed by atoms with E-state index in [1.54, 1.807) is 7.05 Å². The minimum atomic E-state index is 0. The van der Waals surface area contributed by atoms with Crippen LogP contribution in [0.15, 0.2) is 29.3 Å². The first-order valence-electron chi connectivity index (χ1n) is 11.7. The van der Waals surface area contributed by atoms with E-state index >= 15 is 0 Å². The van der Waals surface area contributed by atoms with E-state index in [-0.39, 0.29) is 35.9 Å². The van der Waals surface area contributed by atoms with Crippen molar-refractivity contribution < 1.29 is 14.3 Å². The Balaban J connectivity index is 0.00000363. The monoisotopic (exact) mass is 558 g/mol. The normalized spacial score (nSPS) is 19.1. The van der Waals surface area contributed by atoms with Gasteiger partial charge in [-0.2, -0.15) is 0 Å². The van der Waals surface area contributed by atoms with E-state index in [0.29, 0.717) is 32.3 Å². The van der Waals surface area contributed by atoms with Gasteiger partial charge in [0.1, 0.15) is 0 Å². The second kappa shape index (κ2) is 14.7. The van der Waals surface area contributed by atoms with Gasteiger partial charge in [-0.25, -0.2) is 0 Å². The molecule has 1 aromatic carbocycles. The second-order valence-electron chi connectivity index (χ2n) is 8.39. The van der Waals surface area contributed by atoms with E-state index in [0.717, 1.165) is 50.5 Å². The summed E-state index contributed by atoms with van der Waals surface area (Å²) in [7, 11) is 1.79. The highest BCUT2D eigenvalue weighted by Gasteiger charge is 2.32. The number of amides is 1. The lowest BCUT2D eigenvalue weighted by Gasteiger charge is -2.21. The number of nitrogens with one attached hydrogen (secondary N) is 2. The van der Waals surface area contributed by atoms with E-state index < -0.39 is 0 Å². The molecule has 1 saturated heterocycles. The van der Waals surface area contributed by atoms with Gasteiger partial charge in [0, 0.05) is 45.2 Å². The molecule has 32 heavy (non-hydrogen) atoms. The van der Waals surface area contributed by atoms with Crippen molar-refractivity contribution in [1.29, 1.82) is 0 Å². The summed E-state index contributed by atoms with van der Waals surface area (Å²) in [6, 6.07) is 8.63. The van der Waals surface area contributed by atoms with Crippen molar-refractivity contribution in [2.45, 2.75) is 58.2 Å². The Morgan fingerprint density at radius 1 is 1.16 bits per heavy atom. The van der Waals surface area contributed by atoms with Crippen LogP contribution in [0.4, 0.5) is 0 Å².